The first kappa shape index (κ1) is 25.0. The molecule has 0 aliphatic rings. The van der Waals surface area contributed by atoms with Gasteiger partial charge in [-0.25, -0.2) is 13.2 Å². The third-order valence-electron chi connectivity index (χ3n) is 5.08. The Balaban J connectivity index is 1.75. The molecule has 0 aromatic heterocycles. The lowest BCUT2D eigenvalue weighted by Gasteiger charge is -2.24. The molecule has 0 radical (unpaired) electrons. The van der Waals surface area contributed by atoms with E-state index in [1.807, 2.05) is 13.8 Å². The number of hydrogen-bond donors (Lipinski definition) is 1. The van der Waals surface area contributed by atoms with Gasteiger partial charge in [0, 0.05) is 5.69 Å². The second-order valence-electron chi connectivity index (χ2n) is 7.78. The Morgan fingerprint density at radius 2 is 1.56 bits per heavy atom. The van der Waals surface area contributed by atoms with Crippen LogP contribution in [0, 0.1) is 6.92 Å². The van der Waals surface area contributed by atoms with E-state index in [9.17, 15) is 18.0 Å². The quantitative estimate of drug-likeness (QED) is 0.333. The molecule has 3 aromatic rings. The zero-order valence-corrected chi connectivity index (χ0v) is 20.0. The standard InChI is InChI=1S/C26H28N2O5S/c1-3-4-18-33-26(30)21-12-14-22(15-13-21)27-25(29)19-28(23-8-6-5-7-9-23)34(31,32)24-16-10-20(2)11-17-24/h5-17H,3-4,18-19H2,1-2H3,(H,27,29). The van der Waals surface area contributed by atoms with Gasteiger partial charge in [-0.3, -0.25) is 9.10 Å². The summed E-state index contributed by atoms with van der Waals surface area (Å²) in [4.78, 5) is 24.9. The minimum atomic E-state index is -3.98. The van der Waals surface area contributed by atoms with Crippen molar-refractivity contribution in [1.82, 2.24) is 0 Å². The lowest BCUT2D eigenvalue weighted by Crippen LogP contribution is -2.38. The Hall–Kier alpha value is -3.65. The number of sulfonamides is 1. The first-order chi connectivity index (χ1) is 16.3. The van der Waals surface area contributed by atoms with Gasteiger partial charge in [-0.15, -0.1) is 0 Å². The van der Waals surface area contributed by atoms with Gasteiger partial charge in [0.15, 0.2) is 0 Å². The molecule has 0 unspecified atom stereocenters. The van der Waals surface area contributed by atoms with Crippen LogP contribution in [-0.4, -0.2) is 33.4 Å². The van der Waals surface area contributed by atoms with Crippen LogP contribution in [0.2, 0.25) is 0 Å². The molecule has 1 N–H and O–H groups in total. The molecule has 0 heterocycles. The summed E-state index contributed by atoms with van der Waals surface area (Å²) in [5, 5.41) is 2.70. The maximum absolute atomic E-state index is 13.4. The van der Waals surface area contributed by atoms with E-state index in [2.05, 4.69) is 5.32 Å². The predicted octanol–water partition coefficient (Wildman–Crippen LogP) is 4.79. The molecule has 0 fully saturated rings. The molecule has 0 bridgehead atoms. The smallest absolute Gasteiger partial charge is 0.338 e. The largest absolute Gasteiger partial charge is 0.462 e. The molecule has 0 saturated carbocycles. The monoisotopic (exact) mass is 480 g/mol. The van der Waals surface area contributed by atoms with Gasteiger partial charge in [0.05, 0.1) is 22.8 Å². The van der Waals surface area contributed by atoms with Crippen molar-refractivity contribution < 1.29 is 22.7 Å². The van der Waals surface area contributed by atoms with Gasteiger partial charge in [-0.2, -0.15) is 0 Å². The van der Waals surface area contributed by atoms with Crippen molar-refractivity contribution in [3.63, 3.8) is 0 Å². The van der Waals surface area contributed by atoms with Crippen molar-refractivity contribution in [3.8, 4) is 0 Å². The molecule has 8 heteroatoms. The maximum Gasteiger partial charge on any atom is 0.338 e. The van der Waals surface area contributed by atoms with E-state index in [0.29, 0.717) is 23.5 Å². The number of aryl methyl sites for hydroxylation is 1. The molecule has 0 aliphatic heterocycles. The van der Waals surface area contributed by atoms with E-state index in [1.54, 1.807) is 66.7 Å². The van der Waals surface area contributed by atoms with Crippen molar-refractivity contribution in [1.29, 1.82) is 0 Å². The number of carbonyl (C=O) groups excluding carboxylic acids is 2. The van der Waals surface area contributed by atoms with E-state index < -0.39 is 28.4 Å². The number of unbranched alkanes of at least 4 members (excludes halogenated alkanes) is 1. The topological polar surface area (TPSA) is 92.8 Å². The van der Waals surface area contributed by atoms with E-state index in [4.69, 9.17) is 4.74 Å². The highest BCUT2D eigenvalue weighted by atomic mass is 32.2. The highest BCUT2D eigenvalue weighted by molar-refractivity contribution is 7.92. The molecule has 0 atom stereocenters. The van der Waals surface area contributed by atoms with Gasteiger partial charge in [-0.05, 0) is 61.9 Å². The maximum atomic E-state index is 13.4. The molecule has 0 saturated heterocycles. The first-order valence-corrected chi connectivity index (χ1v) is 12.5. The van der Waals surface area contributed by atoms with Crippen LogP contribution in [0.25, 0.3) is 0 Å². The number of carbonyl (C=O) groups is 2. The van der Waals surface area contributed by atoms with E-state index in [-0.39, 0.29) is 4.90 Å². The third kappa shape index (κ3) is 6.45. The molecule has 1 amide bonds. The summed E-state index contributed by atoms with van der Waals surface area (Å²) < 4.78 is 33.0. The van der Waals surface area contributed by atoms with Gasteiger partial charge >= 0.3 is 5.97 Å². The molecule has 178 valence electrons. The van der Waals surface area contributed by atoms with Crippen LogP contribution in [0.1, 0.15) is 35.7 Å². The van der Waals surface area contributed by atoms with Gasteiger partial charge in [0.25, 0.3) is 10.0 Å². The number of anilines is 2. The van der Waals surface area contributed by atoms with Gasteiger partial charge in [0.2, 0.25) is 5.91 Å². The molecular weight excluding hydrogens is 452 g/mol. The number of benzene rings is 3. The Kier molecular flexibility index (Phi) is 8.43. The fourth-order valence-electron chi connectivity index (χ4n) is 3.16. The van der Waals surface area contributed by atoms with Crippen LogP contribution < -0.4 is 9.62 Å². The van der Waals surface area contributed by atoms with E-state index in [1.165, 1.54) is 12.1 Å². The van der Waals surface area contributed by atoms with Crippen LogP contribution in [0.15, 0.2) is 83.8 Å². The summed E-state index contributed by atoms with van der Waals surface area (Å²) in [6, 6.07) is 21.2. The summed E-state index contributed by atoms with van der Waals surface area (Å²) in [5.74, 6) is -0.941. The second-order valence-corrected chi connectivity index (χ2v) is 9.64. The van der Waals surface area contributed by atoms with Gasteiger partial charge in [-0.1, -0.05) is 49.2 Å². The van der Waals surface area contributed by atoms with Crippen molar-refractivity contribution in [2.75, 3.05) is 22.8 Å². The third-order valence-corrected chi connectivity index (χ3v) is 6.86. The minimum Gasteiger partial charge on any atom is -0.462 e. The van der Waals surface area contributed by atoms with Crippen LogP contribution in [0.3, 0.4) is 0 Å². The summed E-state index contributed by atoms with van der Waals surface area (Å²) >= 11 is 0. The summed E-state index contributed by atoms with van der Waals surface area (Å²) in [6.45, 7) is 3.82. The molecule has 34 heavy (non-hydrogen) atoms. The summed E-state index contributed by atoms with van der Waals surface area (Å²) in [7, 11) is -3.98. The number of nitrogens with zero attached hydrogens (tertiary/aromatic N) is 1. The lowest BCUT2D eigenvalue weighted by molar-refractivity contribution is -0.114. The average molecular weight is 481 g/mol. The van der Waals surface area contributed by atoms with Crippen LogP contribution in [0.4, 0.5) is 11.4 Å². The number of hydrogen-bond acceptors (Lipinski definition) is 5. The van der Waals surface area contributed by atoms with Crippen molar-refractivity contribution in [2.45, 2.75) is 31.6 Å². The Morgan fingerprint density at radius 3 is 2.18 bits per heavy atom. The van der Waals surface area contributed by atoms with Crippen molar-refractivity contribution >= 4 is 33.3 Å². The summed E-state index contributed by atoms with van der Waals surface area (Å²) in [5.41, 5.74) is 2.13. The normalized spacial score (nSPS) is 11.0. The number of esters is 1. The molecular formula is C26H28N2O5S. The number of para-hydroxylation sites is 1. The van der Waals surface area contributed by atoms with Crippen LogP contribution >= 0.6 is 0 Å². The van der Waals surface area contributed by atoms with Crippen molar-refractivity contribution in [3.05, 3.63) is 90.0 Å². The van der Waals surface area contributed by atoms with E-state index in [0.717, 1.165) is 22.7 Å². The average Bonchev–Trinajstić information content (AvgIpc) is 2.84. The predicted molar refractivity (Wildman–Crippen MR) is 132 cm³/mol. The molecule has 7 nitrogen and oxygen atoms in total. The second kappa shape index (κ2) is 11.5. The molecule has 3 rings (SSSR count). The summed E-state index contributed by atoms with van der Waals surface area (Å²) in [6.07, 6.45) is 1.72. The van der Waals surface area contributed by atoms with Gasteiger partial charge < -0.3 is 10.1 Å². The highest BCUT2D eigenvalue weighted by Gasteiger charge is 2.27. The minimum absolute atomic E-state index is 0.0979. The Morgan fingerprint density at radius 1 is 0.912 bits per heavy atom. The SMILES string of the molecule is CCCCOC(=O)c1ccc(NC(=O)CN(c2ccccc2)S(=O)(=O)c2ccc(C)cc2)cc1. The van der Waals surface area contributed by atoms with E-state index >= 15 is 0 Å². The fourth-order valence-corrected chi connectivity index (χ4v) is 4.58. The van der Waals surface area contributed by atoms with Crippen molar-refractivity contribution in [2.24, 2.45) is 0 Å². The van der Waals surface area contributed by atoms with Crippen LogP contribution in [-0.2, 0) is 19.6 Å². The first-order valence-electron chi connectivity index (χ1n) is 11.0. The molecule has 0 aliphatic carbocycles. The lowest BCUT2D eigenvalue weighted by atomic mass is 10.2. The number of ether oxygens (including phenoxy) is 1. The zero-order chi connectivity index (χ0) is 24.6. The molecule has 0 spiro atoms. The Bertz CT molecular complexity index is 1210. The molecule has 3 aromatic carbocycles. The van der Waals surface area contributed by atoms with Gasteiger partial charge in [0.1, 0.15) is 6.54 Å². The number of nitrogens with one attached hydrogen (secondary N) is 1. The highest BCUT2D eigenvalue weighted by Crippen LogP contribution is 2.24. The number of amides is 1. The number of rotatable bonds is 10. The Labute approximate surface area is 200 Å². The zero-order valence-electron chi connectivity index (χ0n) is 19.2. The fraction of sp³-hybridized carbons (Fsp3) is 0.231. The van der Waals surface area contributed by atoms with Crippen LogP contribution in [0.5, 0.6) is 0 Å².